The molecule has 4 rings (SSSR count). The standard InChI is InChI=1S/C20H16N2O4.O2S/c1-12-3-5-15(6-4-12)26-18-11-14(10-17-16(18)9-13(2)25-17)20(23)21-19-7-8-24-22-19;1-3-2/h3-11H,1-2H3,(H,21,22,23);. The monoisotopic (exact) mass is 412 g/mol. The molecule has 29 heavy (non-hydrogen) atoms. The zero-order valence-electron chi connectivity index (χ0n) is 15.5. The third kappa shape index (κ3) is 4.96. The molecule has 0 radical (unpaired) electrons. The first-order valence-corrected chi connectivity index (χ1v) is 9.09. The minimum Gasteiger partial charge on any atom is -0.461 e. The van der Waals surface area contributed by atoms with E-state index in [0.717, 1.165) is 16.7 Å². The molecule has 0 unspecified atom stereocenters. The Morgan fingerprint density at radius 2 is 1.79 bits per heavy atom. The molecule has 0 fully saturated rings. The van der Waals surface area contributed by atoms with Gasteiger partial charge in [0.1, 0.15) is 29.1 Å². The molecule has 2 heterocycles. The van der Waals surface area contributed by atoms with E-state index in [1.807, 2.05) is 44.2 Å². The van der Waals surface area contributed by atoms with E-state index in [2.05, 4.69) is 10.5 Å². The molecule has 148 valence electrons. The van der Waals surface area contributed by atoms with Crippen molar-refractivity contribution in [3.63, 3.8) is 0 Å². The van der Waals surface area contributed by atoms with Crippen LogP contribution in [-0.2, 0) is 11.6 Å². The summed E-state index contributed by atoms with van der Waals surface area (Å²) in [4.78, 5) is 12.5. The summed E-state index contributed by atoms with van der Waals surface area (Å²) in [7, 11) is 0. The van der Waals surface area contributed by atoms with Gasteiger partial charge in [0, 0.05) is 11.6 Å². The summed E-state index contributed by atoms with van der Waals surface area (Å²) >= 11 is -0.750. The number of amides is 1. The largest absolute Gasteiger partial charge is 0.461 e. The summed E-state index contributed by atoms with van der Waals surface area (Å²) in [5, 5.41) is 7.16. The van der Waals surface area contributed by atoms with E-state index in [1.165, 1.54) is 6.26 Å². The number of nitrogens with zero attached hydrogens (tertiary/aromatic N) is 1. The fourth-order valence-corrected chi connectivity index (χ4v) is 2.65. The molecule has 0 atom stereocenters. The van der Waals surface area contributed by atoms with Crippen molar-refractivity contribution < 1.29 is 26.9 Å². The molecule has 4 aromatic rings. The van der Waals surface area contributed by atoms with E-state index in [-0.39, 0.29) is 5.91 Å². The van der Waals surface area contributed by atoms with E-state index >= 15 is 0 Å². The maximum Gasteiger partial charge on any atom is 0.335 e. The van der Waals surface area contributed by atoms with Gasteiger partial charge in [0.15, 0.2) is 5.82 Å². The highest BCUT2D eigenvalue weighted by atomic mass is 32.1. The summed E-state index contributed by atoms with van der Waals surface area (Å²) in [5.41, 5.74) is 2.12. The van der Waals surface area contributed by atoms with Crippen molar-refractivity contribution in [2.45, 2.75) is 13.8 Å². The van der Waals surface area contributed by atoms with Crippen LogP contribution < -0.4 is 10.1 Å². The van der Waals surface area contributed by atoms with Crippen molar-refractivity contribution >= 4 is 34.3 Å². The quantitative estimate of drug-likeness (QED) is 0.528. The average molecular weight is 412 g/mol. The van der Waals surface area contributed by atoms with E-state index in [9.17, 15) is 4.79 Å². The van der Waals surface area contributed by atoms with Gasteiger partial charge in [-0.2, -0.15) is 8.42 Å². The number of nitrogens with one attached hydrogen (secondary N) is 1. The highest BCUT2D eigenvalue weighted by Crippen LogP contribution is 2.34. The molecule has 0 aliphatic heterocycles. The van der Waals surface area contributed by atoms with Gasteiger partial charge in [-0.3, -0.25) is 4.79 Å². The predicted molar refractivity (Wildman–Crippen MR) is 106 cm³/mol. The van der Waals surface area contributed by atoms with E-state index in [1.54, 1.807) is 18.2 Å². The number of furan rings is 1. The Hall–Kier alpha value is -3.72. The molecule has 0 aliphatic rings. The van der Waals surface area contributed by atoms with Crippen LogP contribution in [0.4, 0.5) is 5.82 Å². The SMILES string of the molecule is Cc1ccc(Oc2cc(C(=O)Nc3ccon3)cc3oc(C)cc23)cc1.O=S=O. The Bertz CT molecular complexity index is 1160. The lowest BCUT2D eigenvalue weighted by Gasteiger charge is -2.09. The summed E-state index contributed by atoms with van der Waals surface area (Å²) in [6, 6.07) is 14.5. The van der Waals surface area contributed by atoms with Crippen LogP contribution in [0.25, 0.3) is 11.0 Å². The number of hydrogen-bond acceptors (Lipinski definition) is 7. The van der Waals surface area contributed by atoms with Crippen LogP contribution in [0.2, 0.25) is 0 Å². The lowest BCUT2D eigenvalue weighted by molar-refractivity contribution is 0.102. The lowest BCUT2D eigenvalue weighted by atomic mass is 10.1. The first-order valence-electron chi connectivity index (χ1n) is 8.42. The number of aryl methyl sites for hydroxylation is 2. The molecule has 2 aromatic heterocycles. The predicted octanol–water partition coefficient (Wildman–Crippen LogP) is 4.41. The topological polar surface area (TPSA) is 112 Å². The Morgan fingerprint density at radius 3 is 2.45 bits per heavy atom. The average Bonchev–Trinajstić information content (AvgIpc) is 3.33. The van der Waals surface area contributed by atoms with Gasteiger partial charge < -0.3 is 19.0 Å². The Labute approximate surface area is 169 Å². The molecule has 0 bridgehead atoms. The summed E-state index contributed by atoms with van der Waals surface area (Å²) in [6.07, 6.45) is 1.39. The summed E-state index contributed by atoms with van der Waals surface area (Å²) in [6.45, 7) is 3.86. The van der Waals surface area contributed by atoms with E-state index in [4.69, 9.17) is 22.1 Å². The Kier molecular flexibility index (Phi) is 6.20. The van der Waals surface area contributed by atoms with Crippen molar-refractivity contribution in [3.05, 3.63) is 71.7 Å². The fourth-order valence-electron chi connectivity index (χ4n) is 2.65. The van der Waals surface area contributed by atoms with Crippen LogP contribution in [0.5, 0.6) is 11.5 Å². The van der Waals surface area contributed by atoms with Gasteiger partial charge in [0.2, 0.25) is 0 Å². The van der Waals surface area contributed by atoms with E-state index < -0.39 is 11.6 Å². The molecule has 8 nitrogen and oxygen atoms in total. The minimum absolute atomic E-state index is 0.330. The van der Waals surface area contributed by atoms with Crippen LogP contribution in [0.3, 0.4) is 0 Å². The van der Waals surface area contributed by atoms with Crippen molar-refractivity contribution in [1.29, 1.82) is 0 Å². The highest BCUT2D eigenvalue weighted by Gasteiger charge is 2.16. The number of anilines is 1. The molecule has 0 saturated carbocycles. The fraction of sp³-hybridized carbons (Fsp3) is 0.100. The Balaban J connectivity index is 0.000000755. The number of carbonyl (C=O) groups is 1. The second kappa shape index (κ2) is 8.98. The van der Waals surface area contributed by atoms with Gasteiger partial charge in [-0.1, -0.05) is 22.9 Å². The normalized spacial score (nSPS) is 10.1. The smallest absolute Gasteiger partial charge is 0.335 e. The molecule has 0 spiro atoms. The van der Waals surface area contributed by atoms with Gasteiger partial charge in [0.25, 0.3) is 5.91 Å². The zero-order valence-corrected chi connectivity index (χ0v) is 16.3. The van der Waals surface area contributed by atoms with Crippen LogP contribution >= 0.6 is 0 Å². The number of hydrogen-bond donors (Lipinski definition) is 1. The number of fused-ring (bicyclic) bond motifs is 1. The van der Waals surface area contributed by atoms with Gasteiger partial charge in [-0.15, -0.1) is 0 Å². The van der Waals surface area contributed by atoms with Crippen LogP contribution in [0.1, 0.15) is 21.7 Å². The molecule has 2 aromatic carbocycles. The maximum absolute atomic E-state index is 12.5. The summed E-state index contributed by atoms with van der Waals surface area (Å²) in [5.74, 6) is 1.98. The second-order valence-electron chi connectivity index (χ2n) is 6.07. The van der Waals surface area contributed by atoms with Crippen molar-refractivity contribution in [2.24, 2.45) is 0 Å². The second-order valence-corrected chi connectivity index (χ2v) is 6.20. The lowest BCUT2D eigenvalue weighted by Crippen LogP contribution is -2.12. The first-order chi connectivity index (χ1) is 14.0. The van der Waals surface area contributed by atoms with Crippen LogP contribution in [0, 0.1) is 13.8 Å². The van der Waals surface area contributed by atoms with Crippen molar-refractivity contribution in [3.8, 4) is 11.5 Å². The summed E-state index contributed by atoms with van der Waals surface area (Å²) < 4.78 is 33.0. The number of benzene rings is 2. The van der Waals surface area contributed by atoms with Gasteiger partial charge in [-0.25, -0.2) is 0 Å². The Morgan fingerprint density at radius 1 is 1.07 bits per heavy atom. The minimum atomic E-state index is -0.750. The molecule has 0 saturated heterocycles. The number of rotatable bonds is 4. The van der Waals surface area contributed by atoms with Crippen molar-refractivity contribution in [2.75, 3.05) is 5.32 Å². The van der Waals surface area contributed by atoms with Gasteiger partial charge in [0.05, 0.1) is 5.39 Å². The highest BCUT2D eigenvalue weighted by molar-refractivity contribution is 7.51. The molecular weight excluding hydrogens is 396 g/mol. The molecule has 1 N–H and O–H groups in total. The molecule has 0 aliphatic carbocycles. The van der Waals surface area contributed by atoms with E-state index in [0.29, 0.717) is 28.5 Å². The molecule has 9 heteroatoms. The third-order valence-electron chi connectivity index (χ3n) is 3.91. The van der Waals surface area contributed by atoms with Crippen LogP contribution in [-0.4, -0.2) is 19.5 Å². The number of ether oxygens (including phenoxy) is 1. The third-order valence-corrected chi connectivity index (χ3v) is 3.91. The number of carbonyl (C=O) groups excluding carboxylic acids is 1. The first kappa shape index (κ1) is 20.0. The zero-order chi connectivity index (χ0) is 20.8. The number of aromatic nitrogens is 1. The van der Waals surface area contributed by atoms with Gasteiger partial charge in [-0.05, 0) is 44.2 Å². The molecular formula is C20H16N2O6S. The maximum atomic E-state index is 12.5. The molecule has 1 amide bonds. The van der Waals surface area contributed by atoms with Crippen molar-refractivity contribution in [1.82, 2.24) is 5.16 Å². The van der Waals surface area contributed by atoms with Gasteiger partial charge >= 0.3 is 11.6 Å². The van der Waals surface area contributed by atoms with Crippen LogP contribution in [0.15, 0.2) is 63.7 Å².